The summed E-state index contributed by atoms with van der Waals surface area (Å²) >= 11 is 1.80. The van der Waals surface area contributed by atoms with Crippen LogP contribution in [0.5, 0.6) is 5.75 Å². The highest BCUT2D eigenvalue weighted by atomic mass is 32.1. The minimum atomic E-state index is 0.199. The average Bonchev–Trinajstić information content (AvgIpc) is 2.84. The van der Waals surface area contributed by atoms with Crippen molar-refractivity contribution >= 4 is 17.0 Å². The number of hydrogen-bond acceptors (Lipinski definition) is 3. The second kappa shape index (κ2) is 6.45. The van der Waals surface area contributed by atoms with Gasteiger partial charge in [-0.25, -0.2) is 0 Å². The molecule has 0 saturated heterocycles. The molecule has 0 atom stereocenters. The minimum Gasteiger partial charge on any atom is -0.489 e. The van der Waals surface area contributed by atoms with E-state index in [4.69, 9.17) is 4.74 Å². The first-order chi connectivity index (χ1) is 8.75. The summed E-state index contributed by atoms with van der Waals surface area (Å²) in [6.07, 6.45) is 1.25. The maximum atomic E-state index is 5.77. The number of nitrogens with one attached hydrogen (secondary N) is 1. The summed E-state index contributed by atoms with van der Waals surface area (Å²) in [5.41, 5.74) is 1.07. The molecule has 0 aliphatic heterocycles. The summed E-state index contributed by atoms with van der Waals surface area (Å²) in [6, 6.07) is 12.4. The molecule has 0 aliphatic rings. The van der Waals surface area contributed by atoms with Gasteiger partial charge in [-0.15, -0.1) is 11.3 Å². The fourth-order valence-corrected chi connectivity index (χ4v) is 2.45. The molecule has 0 amide bonds. The molecule has 1 heterocycles. The highest BCUT2D eigenvalue weighted by Crippen LogP contribution is 2.24. The predicted octanol–water partition coefficient (Wildman–Crippen LogP) is 4.19. The van der Waals surface area contributed by atoms with E-state index in [1.54, 1.807) is 11.3 Å². The van der Waals surface area contributed by atoms with Crippen molar-refractivity contribution in [2.75, 3.05) is 11.9 Å². The molecule has 96 valence electrons. The van der Waals surface area contributed by atoms with Crippen LogP contribution in [0, 0.1) is 0 Å². The molecule has 1 aromatic heterocycles. The van der Waals surface area contributed by atoms with Gasteiger partial charge in [-0.1, -0.05) is 18.2 Å². The maximum absolute atomic E-state index is 5.77. The fraction of sp³-hybridized carbons (Fsp3) is 0.333. The van der Waals surface area contributed by atoms with E-state index in [0.717, 1.165) is 24.4 Å². The predicted molar refractivity (Wildman–Crippen MR) is 78.7 cm³/mol. The van der Waals surface area contributed by atoms with Crippen molar-refractivity contribution in [1.29, 1.82) is 0 Å². The van der Waals surface area contributed by atoms with Gasteiger partial charge in [0.2, 0.25) is 0 Å². The zero-order valence-corrected chi connectivity index (χ0v) is 11.7. The van der Waals surface area contributed by atoms with E-state index in [1.807, 2.05) is 32.0 Å². The number of hydrogen-bond donors (Lipinski definition) is 1. The third kappa shape index (κ3) is 3.77. The van der Waals surface area contributed by atoms with Crippen LogP contribution in [0.1, 0.15) is 18.7 Å². The summed E-state index contributed by atoms with van der Waals surface area (Å²) in [5, 5.41) is 5.55. The van der Waals surface area contributed by atoms with Gasteiger partial charge in [0.1, 0.15) is 5.75 Å². The zero-order valence-electron chi connectivity index (χ0n) is 10.8. The number of benzene rings is 1. The molecule has 0 unspecified atom stereocenters. The van der Waals surface area contributed by atoms with Crippen LogP contribution in [0.3, 0.4) is 0 Å². The summed E-state index contributed by atoms with van der Waals surface area (Å²) < 4.78 is 5.77. The van der Waals surface area contributed by atoms with Crippen LogP contribution >= 0.6 is 11.3 Å². The lowest BCUT2D eigenvalue weighted by Gasteiger charge is -2.15. The third-order valence-corrected chi connectivity index (χ3v) is 3.45. The first-order valence-corrected chi connectivity index (χ1v) is 7.15. The van der Waals surface area contributed by atoms with Gasteiger partial charge in [-0.3, -0.25) is 0 Å². The molecule has 0 radical (unpaired) electrons. The van der Waals surface area contributed by atoms with Crippen molar-refractivity contribution < 1.29 is 4.74 Å². The Hall–Kier alpha value is -1.48. The first-order valence-electron chi connectivity index (χ1n) is 6.27. The molecule has 0 aliphatic carbocycles. The molecule has 0 bridgehead atoms. The van der Waals surface area contributed by atoms with Crippen LogP contribution < -0.4 is 10.1 Å². The van der Waals surface area contributed by atoms with Crippen molar-refractivity contribution in [3.8, 4) is 5.75 Å². The van der Waals surface area contributed by atoms with E-state index in [0.29, 0.717) is 0 Å². The largest absolute Gasteiger partial charge is 0.489 e. The molecule has 1 N–H and O–H groups in total. The molecule has 2 nitrogen and oxygen atoms in total. The summed E-state index contributed by atoms with van der Waals surface area (Å²) in [7, 11) is 0. The van der Waals surface area contributed by atoms with Gasteiger partial charge in [-0.05, 0) is 43.8 Å². The number of thiophene rings is 1. The van der Waals surface area contributed by atoms with Crippen LogP contribution in [0.25, 0.3) is 0 Å². The molecule has 2 aromatic rings. The van der Waals surface area contributed by atoms with Crippen molar-refractivity contribution in [3.05, 3.63) is 46.7 Å². The second-order valence-corrected chi connectivity index (χ2v) is 5.45. The molecule has 0 fully saturated rings. The summed E-state index contributed by atoms with van der Waals surface area (Å²) in [6.45, 7) is 5.02. The molecular weight excluding hydrogens is 242 g/mol. The maximum Gasteiger partial charge on any atom is 0.142 e. The van der Waals surface area contributed by atoms with Crippen LogP contribution in [0.4, 0.5) is 5.69 Å². The Morgan fingerprint density at radius 2 is 2.00 bits per heavy atom. The Morgan fingerprint density at radius 3 is 2.72 bits per heavy atom. The topological polar surface area (TPSA) is 21.3 Å². The fourth-order valence-electron chi connectivity index (χ4n) is 1.74. The van der Waals surface area contributed by atoms with Gasteiger partial charge in [0.25, 0.3) is 0 Å². The highest BCUT2D eigenvalue weighted by Gasteiger charge is 2.04. The monoisotopic (exact) mass is 261 g/mol. The average molecular weight is 261 g/mol. The molecule has 3 heteroatoms. The number of ether oxygens (including phenoxy) is 1. The van der Waals surface area contributed by atoms with E-state index in [1.165, 1.54) is 4.88 Å². The van der Waals surface area contributed by atoms with Gasteiger partial charge in [-0.2, -0.15) is 0 Å². The second-order valence-electron chi connectivity index (χ2n) is 4.42. The molecule has 1 aromatic carbocycles. The molecule has 0 spiro atoms. The minimum absolute atomic E-state index is 0.199. The third-order valence-electron chi connectivity index (χ3n) is 2.52. The van der Waals surface area contributed by atoms with Crippen LogP contribution in [-0.4, -0.2) is 12.6 Å². The van der Waals surface area contributed by atoms with Crippen LogP contribution in [0.15, 0.2) is 41.8 Å². The van der Waals surface area contributed by atoms with Crippen molar-refractivity contribution in [2.45, 2.75) is 26.4 Å². The van der Waals surface area contributed by atoms with E-state index < -0.39 is 0 Å². The molecule has 2 rings (SSSR count). The normalized spacial score (nSPS) is 10.6. The standard InChI is InChI=1S/C15H19NOS/c1-12(2)17-15-8-4-3-7-14(15)16-10-9-13-6-5-11-18-13/h3-8,11-12,16H,9-10H2,1-2H3. The van der Waals surface area contributed by atoms with Crippen molar-refractivity contribution in [3.63, 3.8) is 0 Å². The van der Waals surface area contributed by atoms with Gasteiger partial charge in [0.05, 0.1) is 11.8 Å². The summed E-state index contributed by atoms with van der Waals surface area (Å²) in [5.74, 6) is 0.929. The van der Waals surface area contributed by atoms with E-state index in [2.05, 4.69) is 28.9 Å². The zero-order chi connectivity index (χ0) is 12.8. The van der Waals surface area contributed by atoms with Gasteiger partial charge < -0.3 is 10.1 Å². The van der Waals surface area contributed by atoms with Crippen LogP contribution in [-0.2, 0) is 6.42 Å². The Kier molecular flexibility index (Phi) is 4.65. The number of anilines is 1. The van der Waals surface area contributed by atoms with Crippen molar-refractivity contribution in [2.24, 2.45) is 0 Å². The number of rotatable bonds is 6. The van der Waals surface area contributed by atoms with Gasteiger partial charge in [0, 0.05) is 11.4 Å². The van der Waals surface area contributed by atoms with Gasteiger partial charge >= 0.3 is 0 Å². The van der Waals surface area contributed by atoms with Gasteiger partial charge in [0.15, 0.2) is 0 Å². The smallest absolute Gasteiger partial charge is 0.142 e. The highest BCUT2D eigenvalue weighted by molar-refractivity contribution is 7.09. The van der Waals surface area contributed by atoms with Crippen LogP contribution in [0.2, 0.25) is 0 Å². The lowest BCUT2D eigenvalue weighted by molar-refractivity contribution is 0.243. The van der Waals surface area contributed by atoms with Crippen molar-refractivity contribution in [1.82, 2.24) is 0 Å². The van der Waals surface area contributed by atoms with E-state index in [9.17, 15) is 0 Å². The van der Waals surface area contributed by atoms with E-state index in [-0.39, 0.29) is 6.10 Å². The Bertz CT molecular complexity index is 465. The number of para-hydroxylation sites is 2. The first kappa shape index (κ1) is 13.0. The Morgan fingerprint density at radius 1 is 1.17 bits per heavy atom. The Balaban J connectivity index is 1.92. The molecular formula is C15H19NOS. The lowest BCUT2D eigenvalue weighted by atomic mass is 10.2. The quantitative estimate of drug-likeness (QED) is 0.842. The Labute approximate surface area is 113 Å². The molecule has 18 heavy (non-hydrogen) atoms. The SMILES string of the molecule is CC(C)Oc1ccccc1NCCc1cccs1. The molecule has 0 saturated carbocycles. The van der Waals surface area contributed by atoms with E-state index >= 15 is 0 Å². The summed E-state index contributed by atoms with van der Waals surface area (Å²) in [4.78, 5) is 1.41. The lowest BCUT2D eigenvalue weighted by Crippen LogP contribution is -2.10.